The summed E-state index contributed by atoms with van der Waals surface area (Å²) in [5.41, 5.74) is 10.9. The second kappa shape index (κ2) is 5.19. The molecule has 0 aromatic carbocycles. The van der Waals surface area contributed by atoms with Crippen molar-refractivity contribution < 1.29 is 4.79 Å². The molecule has 0 spiro atoms. The number of nitrogens with two attached hydrogens (primary N) is 2. The molecular formula is C9H21N3O. The lowest BCUT2D eigenvalue weighted by Crippen LogP contribution is -2.45. The van der Waals surface area contributed by atoms with Crippen LogP contribution < -0.4 is 16.8 Å². The van der Waals surface area contributed by atoms with Gasteiger partial charge < -0.3 is 16.8 Å². The van der Waals surface area contributed by atoms with E-state index in [4.69, 9.17) is 11.5 Å². The van der Waals surface area contributed by atoms with Crippen molar-refractivity contribution in [3.8, 4) is 0 Å². The first kappa shape index (κ1) is 12.4. The van der Waals surface area contributed by atoms with E-state index in [1.807, 2.05) is 0 Å². The SMILES string of the molecule is CC(C)(C)CCNC(=O)C(N)CN. The monoisotopic (exact) mass is 187 g/mol. The number of hydrogen-bond donors (Lipinski definition) is 3. The second-order valence-corrected chi connectivity index (χ2v) is 4.44. The van der Waals surface area contributed by atoms with Gasteiger partial charge in [-0.05, 0) is 11.8 Å². The number of amides is 1. The van der Waals surface area contributed by atoms with Gasteiger partial charge in [0, 0.05) is 13.1 Å². The van der Waals surface area contributed by atoms with Gasteiger partial charge in [0.2, 0.25) is 5.91 Å². The summed E-state index contributed by atoms with van der Waals surface area (Å²) in [5, 5.41) is 2.75. The molecule has 5 N–H and O–H groups in total. The van der Waals surface area contributed by atoms with Crippen LogP contribution in [0.5, 0.6) is 0 Å². The average molecular weight is 187 g/mol. The van der Waals surface area contributed by atoms with Gasteiger partial charge >= 0.3 is 0 Å². The maximum Gasteiger partial charge on any atom is 0.238 e. The van der Waals surface area contributed by atoms with Crippen LogP contribution in [0.1, 0.15) is 27.2 Å². The molecule has 1 unspecified atom stereocenters. The molecule has 4 nitrogen and oxygen atoms in total. The topological polar surface area (TPSA) is 81.1 Å². The average Bonchev–Trinajstić information content (AvgIpc) is 2.00. The van der Waals surface area contributed by atoms with Crippen LogP contribution in [0.25, 0.3) is 0 Å². The minimum atomic E-state index is -0.569. The van der Waals surface area contributed by atoms with E-state index in [1.165, 1.54) is 0 Å². The lowest BCUT2D eigenvalue weighted by molar-refractivity contribution is -0.122. The van der Waals surface area contributed by atoms with Crippen LogP contribution in [-0.4, -0.2) is 25.0 Å². The van der Waals surface area contributed by atoms with Gasteiger partial charge in [0.15, 0.2) is 0 Å². The van der Waals surface area contributed by atoms with Gasteiger partial charge in [-0.2, -0.15) is 0 Å². The summed E-state index contributed by atoms with van der Waals surface area (Å²) in [7, 11) is 0. The number of nitrogens with one attached hydrogen (secondary N) is 1. The Balaban J connectivity index is 3.60. The molecule has 0 aliphatic carbocycles. The largest absolute Gasteiger partial charge is 0.355 e. The Morgan fingerprint density at radius 2 is 2.00 bits per heavy atom. The third kappa shape index (κ3) is 6.54. The van der Waals surface area contributed by atoms with Crippen molar-refractivity contribution in [3.05, 3.63) is 0 Å². The molecule has 0 radical (unpaired) electrons. The van der Waals surface area contributed by atoms with Gasteiger partial charge in [-0.1, -0.05) is 20.8 Å². The Hall–Kier alpha value is -0.610. The molecular weight excluding hydrogens is 166 g/mol. The quantitative estimate of drug-likeness (QED) is 0.571. The number of carbonyl (C=O) groups excluding carboxylic acids is 1. The Kier molecular flexibility index (Phi) is 4.95. The molecule has 0 aromatic heterocycles. The fourth-order valence-corrected chi connectivity index (χ4v) is 0.799. The minimum absolute atomic E-state index is 0.160. The van der Waals surface area contributed by atoms with E-state index in [9.17, 15) is 4.79 Å². The lowest BCUT2D eigenvalue weighted by Gasteiger charge is -2.18. The van der Waals surface area contributed by atoms with Crippen LogP contribution in [-0.2, 0) is 4.79 Å². The number of rotatable bonds is 4. The fourth-order valence-electron chi connectivity index (χ4n) is 0.799. The molecule has 0 aliphatic heterocycles. The van der Waals surface area contributed by atoms with E-state index in [2.05, 4.69) is 26.1 Å². The van der Waals surface area contributed by atoms with Crippen molar-refractivity contribution in [1.82, 2.24) is 5.32 Å². The summed E-state index contributed by atoms with van der Waals surface area (Å²) in [4.78, 5) is 11.1. The Labute approximate surface area is 80.0 Å². The van der Waals surface area contributed by atoms with Gasteiger partial charge in [-0.3, -0.25) is 4.79 Å². The van der Waals surface area contributed by atoms with Crippen LogP contribution in [0, 0.1) is 5.41 Å². The minimum Gasteiger partial charge on any atom is -0.355 e. The van der Waals surface area contributed by atoms with Crippen LogP contribution >= 0.6 is 0 Å². The molecule has 0 fully saturated rings. The predicted molar refractivity (Wildman–Crippen MR) is 54.1 cm³/mol. The van der Waals surface area contributed by atoms with Gasteiger partial charge in [-0.25, -0.2) is 0 Å². The van der Waals surface area contributed by atoms with E-state index in [0.29, 0.717) is 6.54 Å². The zero-order valence-corrected chi connectivity index (χ0v) is 8.76. The number of hydrogen-bond acceptors (Lipinski definition) is 3. The highest BCUT2D eigenvalue weighted by Gasteiger charge is 2.13. The first-order valence-corrected chi connectivity index (χ1v) is 4.60. The summed E-state index contributed by atoms with van der Waals surface area (Å²) in [6, 6.07) is -0.569. The number of carbonyl (C=O) groups is 1. The van der Waals surface area contributed by atoms with E-state index < -0.39 is 6.04 Å². The van der Waals surface area contributed by atoms with Crippen molar-refractivity contribution in [3.63, 3.8) is 0 Å². The third-order valence-corrected chi connectivity index (χ3v) is 1.76. The molecule has 0 saturated heterocycles. The highest BCUT2D eigenvalue weighted by atomic mass is 16.2. The van der Waals surface area contributed by atoms with Crippen LogP contribution in [0.2, 0.25) is 0 Å². The molecule has 0 aromatic rings. The molecule has 0 aliphatic rings. The van der Waals surface area contributed by atoms with E-state index >= 15 is 0 Å². The van der Waals surface area contributed by atoms with E-state index in [0.717, 1.165) is 6.42 Å². The zero-order chi connectivity index (χ0) is 10.5. The first-order valence-electron chi connectivity index (χ1n) is 4.60. The summed E-state index contributed by atoms with van der Waals surface area (Å²) >= 11 is 0. The van der Waals surface area contributed by atoms with Crippen molar-refractivity contribution >= 4 is 5.91 Å². The second-order valence-electron chi connectivity index (χ2n) is 4.44. The molecule has 13 heavy (non-hydrogen) atoms. The van der Waals surface area contributed by atoms with Crippen molar-refractivity contribution in [2.24, 2.45) is 16.9 Å². The third-order valence-electron chi connectivity index (χ3n) is 1.76. The fraction of sp³-hybridized carbons (Fsp3) is 0.889. The Morgan fingerprint density at radius 3 is 2.38 bits per heavy atom. The molecule has 78 valence electrons. The summed E-state index contributed by atoms with van der Waals surface area (Å²) in [6.45, 7) is 7.24. The Morgan fingerprint density at radius 1 is 1.46 bits per heavy atom. The van der Waals surface area contributed by atoms with Gasteiger partial charge in [0.25, 0.3) is 0 Å². The summed E-state index contributed by atoms with van der Waals surface area (Å²) < 4.78 is 0. The van der Waals surface area contributed by atoms with Gasteiger partial charge in [0.05, 0.1) is 6.04 Å². The van der Waals surface area contributed by atoms with Crippen LogP contribution in [0.4, 0.5) is 0 Å². The highest BCUT2D eigenvalue weighted by molar-refractivity contribution is 5.81. The van der Waals surface area contributed by atoms with Crippen LogP contribution in [0.3, 0.4) is 0 Å². The lowest BCUT2D eigenvalue weighted by atomic mass is 9.92. The molecule has 1 amide bonds. The zero-order valence-electron chi connectivity index (χ0n) is 8.76. The Bertz CT molecular complexity index is 163. The normalized spacial score (nSPS) is 13.9. The van der Waals surface area contributed by atoms with Gasteiger partial charge in [-0.15, -0.1) is 0 Å². The van der Waals surface area contributed by atoms with Crippen LogP contribution in [0.15, 0.2) is 0 Å². The predicted octanol–water partition coefficient (Wildman–Crippen LogP) is -0.175. The molecule has 0 bridgehead atoms. The van der Waals surface area contributed by atoms with E-state index in [-0.39, 0.29) is 17.9 Å². The first-order chi connectivity index (χ1) is 5.87. The van der Waals surface area contributed by atoms with Gasteiger partial charge in [0.1, 0.15) is 0 Å². The maximum atomic E-state index is 11.1. The smallest absolute Gasteiger partial charge is 0.238 e. The van der Waals surface area contributed by atoms with Crippen molar-refractivity contribution in [2.75, 3.05) is 13.1 Å². The molecule has 0 rings (SSSR count). The van der Waals surface area contributed by atoms with Crippen molar-refractivity contribution in [1.29, 1.82) is 0 Å². The highest BCUT2D eigenvalue weighted by Crippen LogP contribution is 2.16. The summed E-state index contributed by atoms with van der Waals surface area (Å²) in [5.74, 6) is -0.160. The standard InChI is InChI=1S/C9H21N3O/c1-9(2,3)4-5-12-8(13)7(11)6-10/h7H,4-6,10-11H2,1-3H3,(H,12,13). The van der Waals surface area contributed by atoms with Crippen molar-refractivity contribution in [2.45, 2.75) is 33.2 Å². The molecule has 1 atom stereocenters. The summed E-state index contributed by atoms with van der Waals surface area (Å²) in [6.07, 6.45) is 0.941. The molecule has 0 saturated carbocycles. The molecule has 4 heteroatoms. The maximum absolute atomic E-state index is 11.1. The molecule has 0 heterocycles. The van der Waals surface area contributed by atoms with E-state index in [1.54, 1.807) is 0 Å².